The standard InChI is InChI=1S/C5H14N2S/c6-3-1-5(7)2-4-8/h5,8H,1-4,6-7H2. The van der Waals surface area contributed by atoms with Crippen LogP contribution in [-0.2, 0) is 0 Å². The Morgan fingerprint density at radius 1 is 1.38 bits per heavy atom. The molecule has 0 saturated heterocycles. The van der Waals surface area contributed by atoms with Gasteiger partial charge in [0.1, 0.15) is 0 Å². The van der Waals surface area contributed by atoms with Gasteiger partial charge in [-0.1, -0.05) is 0 Å². The van der Waals surface area contributed by atoms with Crippen LogP contribution in [0.1, 0.15) is 12.8 Å². The van der Waals surface area contributed by atoms with Crippen LogP contribution in [0.25, 0.3) is 0 Å². The second-order valence-electron chi connectivity index (χ2n) is 1.85. The molecular formula is C5H14N2S. The summed E-state index contributed by atoms with van der Waals surface area (Å²) >= 11 is 4.03. The summed E-state index contributed by atoms with van der Waals surface area (Å²) in [7, 11) is 0. The summed E-state index contributed by atoms with van der Waals surface area (Å²) < 4.78 is 0. The van der Waals surface area contributed by atoms with Crippen molar-refractivity contribution in [2.24, 2.45) is 11.5 Å². The first-order valence-electron chi connectivity index (χ1n) is 2.87. The van der Waals surface area contributed by atoms with Gasteiger partial charge in [-0.25, -0.2) is 0 Å². The van der Waals surface area contributed by atoms with Gasteiger partial charge in [0, 0.05) is 6.04 Å². The maximum atomic E-state index is 5.57. The molecule has 0 aliphatic heterocycles. The van der Waals surface area contributed by atoms with Crippen LogP contribution in [0.3, 0.4) is 0 Å². The molecule has 3 heteroatoms. The molecular weight excluding hydrogens is 120 g/mol. The lowest BCUT2D eigenvalue weighted by atomic mass is 10.2. The predicted octanol–water partition coefficient (Wildman–Crippen LogP) is -0.0176. The number of nitrogens with two attached hydrogens (primary N) is 2. The molecule has 0 rings (SSSR count). The van der Waals surface area contributed by atoms with Gasteiger partial charge in [0.05, 0.1) is 0 Å². The topological polar surface area (TPSA) is 52.0 Å². The van der Waals surface area contributed by atoms with E-state index in [0.29, 0.717) is 6.54 Å². The molecule has 0 heterocycles. The lowest BCUT2D eigenvalue weighted by Crippen LogP contribution is -2.23. The van der Waals surface area contributed by atoms with Gasteiger partial charge in [0.15, 0.2) is 0 Å². The largest absolute Gasteiger partial charge is 0.330 e. The highest BCUT2D eigenvalue weighted by atomic mass is 32.1. The molecule has 0 bridgehead atoms. The summed E-state index contributed by atoms with van der Waals surface area (Å²) in [4.78, 5) is 0. The third-order valence-electron chi connectivity index (χ3n) is 1.04. The second kappa shape index (κ2) is 5.41. The number of hydrogen-bond donors (Lipinski definition) is 3. The summed E-state index contributed by atoms with van der Waals surface area (Å²) in [5.74, 6) is 0.862. The van der Waals surface area contributed by atoms with Gasteiger partial charge in [0.2, 0.25) is 0 Å². The molecule has 0 spiro atoms. The van der Waals surface area contributed by atoms with Crippen LogP contribution in [0.5, 0.6) is 0 Å². The van der Waals surface area contributed by atoms with Crippen LogP contribution < -0.4 is 11.5 Å². The Balaban J connectivity index is 2.92. The predicted molar refractivity (Wildman–Crippen MR) is 40.1 cm³/mol. The Labute approximate surface area is 56.0 Å². The van der Waals surface area contributed by atoms with Gasteiger partial charge >= 0.3 is 0 Å². The van der Waals surface area contributed by atoms with Crippen molar-refractivity contribution in [1.29, 1.82) is 0 Å². The van der Waals surface area contributed by atoms with E-state index in [9.17, 15) is 0 Å². The minimum atomic E-state index is 0.262. The molecule has 0 aliphatic rings. The zero-order valence-corrected chi connectivity index (χ0v) is 5.90. The highest BCUT2D eigenvalue weighted by Crippen LogP contribution is 1.93. The monoisotopic (exact) mass is 134 g/mol. The van der Waals surface area contributed by atoms with E-state index in [1.165, 1.54) is 0 Å². The second-order valence-corrected chi connectivity index (χ2v) is 2.30. The molecule has 1 unspecified atom stereocenters. The molecule has 1 atom stereocenters. The molecule has 0 aliphatic carbocycles. The Morgan fingerprint density at radius 3 is 2.38 bits per heavy atom. The van der Waals surface area contributed by atoms with Crippen LogP contribution in [0.15, 0.2) is 0 Å². The summed E-state index contributed by atoms with van der Waals surface area (Å²) in [5, 5.41) is 0. The van der Waals surface area contributed by atoms with Crippen LogP contribution in [0.4, 0.5) is 0 Å². The van der Waals surface area contributed by atoms with Gasteiger partial charge in [-0.15, -0.1) is 0 Å². The quantitative estimate of drug-likeness (QED) is 0.473. The van der Waals surface area contributed by atoms with Gasteiger partial charge in [-0.3, -0.25) is 0 Å². The molecule has 50 valence electrons. The molecule has 0 radical (unpaired) electrons. The summed E-state index contributed by atoms with van der Waals surface area (Å²) in [6.45, 7) is 0.689. The normalized spacial score (nSPS) is 13.9. The Kier molecular flexibility index (Phi) is 5.59. The van der Waals surface area contributed by atoms with Gasteiger partial charge in [0.25, 0.3) is 0 Å². The molecule has 0 aromatic heterocycles. The fourth-order valence-electron chi connectivity index (χ4n) is 0.524. The van der Waals surface area contributed by atoms with E-state index in [-0.39, 0.29) is 6.04 Å². The van der Waals surface area contributed by atoms with E-state index in [2.05, 4.69) is 12.6 Å². The van der Waals surface area contributed by atoms with Crippen molar-refractivity contribution in [2.45, 2.75) is 18.9 Å². The molecule has 0 aromatic carbocycles. The highest BCUT2D eigenvalue weighted by Gasteiger charge is 1.96. The fourth-order valence-corrected chi connectivity index (χ4v) is 0.856. The summed E-state index contributed by atoms with van der Waals surface area (Å²) in [5.41, 5.74) is 10.8. The van der Waals surface area contributed by atoms with Crippen molar-refractivity contribution in [3.63, 3.8) is 0 Å². The van der Waals surface area contributed by atoms with Crippen molar-refractivity contribution >= 4 is 12.6 Å². The van der Waals surface area contributed by atoms with Gasteiger partial charge in [-0.05, 0) is 25.1 Å². The smallest absolute Gasteiger partial charge is 0.00585 e. The molecule has 4 N–H and O–H groups in total. The van der Waals surface area contributed by atoms with E-state index < -0.39 is 0 Å². The van der Waals surface area contributed by atoms with E-state index in [1.807, 2.05) is 0 Å². The summed E-state index contributed by atoms with van der Waals surface area (Å²) in [6, 6.07) is 0.262. The van der Waals surface area contributed by atoms with Crippen molar-refractivity contribution < 1.29 is 0 Å². The Hall–Kier alpha value is 0.270. The van der Waals surface area contributed by atoms with E-state index in [4.69, 9.17) is 11.5 Å². The van der Waals surface area contributed by atoms with Crippen LogP contribution in [-0.4, -0.2) is 18.3 Å². The molecule has 0 saturated carbocycles. The lowest BCUT2D eigenvalue weighted by Gasteiger charge is -2.05. The van der Waals surface area contributed by atoms with Crippen molar-refractivity contribution in [1.82, 2.24) is 0 Å². The van der Waals surface area contributed by atoms with E-state index in [1.54, 1.807) is 0 Å². The zero-order chi connectivity index (χ0) is 6.41. The first-order valence-corrected chi connectivity index (χ1v) is 3.51. The van der Waals surface area contributed by atoms with Crippen molar-refractivity contribution in [3.05, 3.63) is 0 Å². The molecule has 0 aromatic rings. The highest BCUT2D eigenvalue weighted by molar-refractivity contribution is 7.80. The minimum absolute atomic E-state index is 0.262. The van der Waals surface area contributed by atoms with Crippen LogP contribution in [0.2, 0.25) is 0 Å². The van der Waals surface area contributed by atoms with Gasteiger partial charge < -0.3 is 11.5 Å². The minimum Gasteiger partial charge on any atom is -0.330 e. The maximum absolute atomic E-state index is 5.57. The average molecular weight is 134 g/mol. The van der Waals surface area contributed by atoms with Crippen molar-refractivity contribution in [2.75, 3.05) is 12.3 Å². The number of hydrogen-bond acceptors (Lipinski definition) is 3. The number of rotatable bonds is 4. The average Bonchev–Trinajstić information content (AvgIpc) is 1.68. The Morgan fingerprint density at radius 2 is 2.00 bits per heavy atom. The third-order valence-corrected chi connectivity index (χ3v) is 1.30. The van der Waals surface area contributed by atoms with Gasteiger partial charge in [-0.2, -0.15) is 12.6 Å². The first kappa shape index (κ1) is 8.27. The molecule has 0 amide bonds. The van der Waals surface area contributed by atoms with E-state index in [0.717, 1.165) is 18.6 Å². The van der Waals surface area contributed by atoms with E-state index >= 15 is 0 Å². The summed E-state index contributed by atoms with van der Waals surface area (Å²) in [6.07, 6.45) is 1.89. The lowest BCUT2D eigenvalue weighted by molar-refractivity contribution is 0.609. The molecule has 2 nitrogen and oxygen atoms in total. The first-order chi connectivity index (χ1) is 3.81. The number of thiol groups is 1. The third kappa shape index (κ3) is 4.43. The molecule has 8 heavy (non-hydrogen) atoms. The van der Waals surface area contributed by atoms with Crippen molar-refractivity contribution in [3.8, 4) is 0 Å². The maximum Gasteiger partial charge on any atom is 0.00585 e. The Bertz CT molecular complexity index is 43.7. The fraction of sp³-hybridized carbons (Fsp3) is 1.00. The van der Waals surface area contributed by atoms with Crippen LogP contribution >= 0.6 is 12.6 Å². The zero-order valence-electron chi connectivity index (χ0n) is 5.01. The van der Waals surface area contributed by atoms with Crippen LogP contribution in [0, 0.1) is 0 Å². The SMILES string of the molecule is NCCC(N)CCS. The molecule has 0 fully saturated rings.